The van der Waals surface area contributed by atoms with Gasteiger partial charge in [-0.3, -0.25) is 4.79 Å². The summed E-state index contributed by atoms with van der Waals surface area (Å²) in [6.07, 6.45) is 1.35. The number of carboxylic acids is 1. The molecule has 0 aliphatic carbocycles. The van der Waals surface area contributed by atoms with Crippen molar-refractivity contribution in [1.82, 2.24) is 10.5 Å². The van der Waals surface area contributed by atoms with Crippen molar-refractivity contribution in [2.45, 2.75) is 58.9 Å². The summed E-state index contributed by atoms with van der Waals surface area (Å²) in [6.45, 7) is 7.43. The van der Waals surface area contributed by atoms with Crippen LogP contribution in [0.25, 0.3) is 0 Å². The second-order valence-corrected chi connectivity index (χ2v) is 5.09. The first-order valence-corrected chi connectivity index (χ1v) is 6.81. The van der Waals surface area contributed by atoms with Gasteiger partial charge in [-0.15, -0.1) is 0 Å². The van der Waals surface area contributed by atoms with Crippen LogP contribution in [0.3, 0.4) is 0 Å². The van der Waals surface area contributed by atoms with Crippen LogP contribution in [0.1, 0.15) is 56.0 Å². The highest BCUT2D eigenvalue weighted by Crippen LogP contribution is 2.25. The summed E-state index contributed by atoms with van der Waals surface area (Å²) in [6, 6.07) is -0.815. The number of aromatic nitrogens is 1. The minimum Gasteiger partial charge on any atom is -0.480 e. The summed E-state index contributed by atoms with van der Waals surface area (Å²) >= 11 is 0. The molecule has 1 rings (SSSR count). The molecule has 0 saturated carbocycles. The first-order valence-electron chi connectivity index (χ1n) is 6.81. The summed E-state index contributed by atoms with van der Waals surface area (Å²) in [4.78, 5) is 22.9. The van der Waals surface area contributed by atoms with Gasteiger partial charge >= 0.3 is 5.97 Å². The fourth-order valence-corrected chi connectivity index (χ4v) is 2.37. The molecule has 0 aromatic carbocycles. The maximum Gasteiger partial charge on any atom is 0.326 e. The van der Waals surface area contributed by atoms with Crippen molar-refractivity contribution in [3.05, 3.63) is 17.0 Å². The third kappa shape index (κ3) is 4.08. The van der Waals surface area contributed by atoms with E-state index in [1.807, 2.05) is 20.8 Å². The Balaban J connectivity index is 2.64. The third-order valence-corrected chi connectivity index (χ3v) is 3.28. The van der Waals surface area contributed by atoms with Gasteiger partial charge in [-0.1, -0.05) is 25.4 Å². The number of rotatable bonds is 7. The number of nitrogens with one attached hydrogen (secondary N) is 1. The molecule has 0 aliphatic rings. The number of carboxylic acid groups (broad SMARTS) is 1. The second-order valence-electron chi connectivity index (χ2n) is 5.09. The van der Waals surface area contributed by atoms with Gasteiger partial charge < -0.3 is 14.9 Å². The van der Waals surface area contributed by atoms with Crippen molar-refractivity contribution in [2.75, 3.05) is 0 Å². The SMILES string of the molecule is CCCC(NC(=O)CC(C)c1c(C)noc1C)C(=O)O. The van der Waals surface area contributed by atoms with Gasteiger partial charge in [0.25, 0.3) is 0 Å². The molecule has 1 aromatic heterocycles. The number of hydrogen-bond acceptors (Lipinski definition) is 4. The number of carbonyl (C=O) groups is 2. The largest absolute Gasteiger partial charge is 0.480 e. The lowest BCUT2D eigenvalue weighted by atomic mass is 9.95. The average Bonchev–Trinajstić information content (AvgIpc) is 2.68. The average molecular weight is 282 g/mol. The Hall–Kier alpha value is -1.85. The normalized spacial score (nSPS) is 13.8. The molecule has 1 amide bonds. The van der Waals surface area contributed by atoms with Crippen LogP contribution in [0.5, 0.6) is 0 Å². The number of amides is 1. The Morgan fingerprint density at radius 2 is 2.05 bits per heavy atom. The van der Waals surface area contributed by atoms with Crippen molar-refractivity contribution in [1.29, 1.82) is 0 Å². The lowest BCUT2D eigenvalue weighted by molar-refractivity contribution is -0.142. The summed E-state index contributed by atoms with van der Waals surface area (Å²) < 4.78 is 5.08. The summed E-state index contributed by atoms with van der Waals surface area (Å²) in [7, 11) is 0. The predicted molar refractivity (Wildman–Crippen MR) is 73.5 cm³/mol. The summed E-state index contributed by atoms with van der Waals surface area (Å²) in [5.41, 5.74) is 1.69. The molecule has 112 valence electrons. The number of aliphatic carboxylic acids is 1. The maximum absolute atomic E-state index is 11.9. The molecular weight excluding hydrogens is 260 g/mol. The van der Waals surface area contributed by atoms with Gasteiger partial charge in [-0.05, 0) is 26.2 Å². The minimum absolute atomic E-state index is 0.0580. The van der Waals surface area contributed by atoms with Crippen molar-refractivity contribution < 1.29 is 19.2 Å². The van der Waals surface area contributed by atoms with Crippen LogP contribution < -0.4 is 5.32 Å². The van der Waals surface area contributed by atoms with Gasteiger partial charge in [0.05, 0.1) is 5.69 Å². The van der Waals surface area contributed by atoms with Gasteiger partial charge in [-0.2, -0.15) is 0 Å². The lowest BCUT2D eigenvalue weighted by Crippen LogP contribution is -2.41. The van der Waals surface area contributed by atoms with Crippen molar-refractivity contribution >= 4 is 11.9 Å². The molecule has 6 heteroatoms. The number of hydrogen-bond donors (Lipinski definition) is 2. The maximum atomic E-state index is 11.9. The molecule has 0 fully saturated rings. The Bertz CT molecular complexity index is 462. The zero-order chi connectivity index (χ0) is 15.3. The van der Waals surface area contributed by atoms with E-state index in [0.29, 0.717) is 18.6 Å². The fourth-order valence-electron chi connectivity index (χ4n) is 2.37. The van der Waals surface area contributed by atoms with E-state index in [4.69, 9.17) is 9.63 Å². The molecule has 0 aliphatic heterocycles. The van der Waals surface area contributed by atoms with Gasteiger partial charge in [0.15, 0.2) is 0 Å². The first-order chi connectivity index (χ1) is 9.36. The molecule has 2 N–H and O–H groups in total. The molecule has 0 bridgehead atoms. The quantitative estimate of drug-likeness (QED) is 0.799. The lowest BCUT2D eigenvalue weighted by Gasteiger charge is -2.16. The molecule has 2 atom stereocenters. The first kappa shape index (κ1) is 16.2. The predicted octanol–water partition coefficient (Wildman–Crippen LogP) is 2.15. The van der Waals surface area contributed by atoms with Crippen molar-refractivity contribution in [3.8, 4) is 0 Å². The second kappa shape index (κ2) is 7.07. The summed E-state index contributed by atoms with van der Waals surface area (Å²) in [5.74, 6) is -0.619. The highest BCUT2D eigenvalue weighted by atomic mass is 16.5. The zero-order valence-electron chi connectivity index (χ0n) is 12.4. The van der Waals surface area contributed by atoms with E-state index in [9.17, 15) is 9.59 Å². The summed E-state index contributed by atoms with van der Waals surface area (Å²) in [5, 5.41) is 15.4. The van der Waals surface area contributed by atoms with E-state index in [2.05, 4.69) is 10.5 Å². The van der Waals surface area contributed by atoms with Crippen LogP contribution in [0, 0.1) is 13.8 Å². The highest BCUT2D eigenvalue weighted by Gasteiger charge is 2.23. The molecular formula is C14H22N2O4. The fraction of sp³-hybridized carbons (Fsp3) is 0.643. The van der Waals surface area contributed by atoms with Crippen molar-refractivity contribution in [3.63, 3.8) is 0 Å². The van der Waals surface area contributed by atoms with E-state index in [-0.39, 0.29) is 18.2 Å². The standard InChI is InChI=1S/C14H22N2O4/c1-5-6-11(14(18)19)15-12(17)7-8(2)13-9(3)16-20-10(13)4/h8,11H,5-7H2,1-4H3,(H,15,17)(H,18,19). The molecule has 0 radical (unpaired) electrons. The highest BCUT2D eigenvalue weighted by molar-refractivity contribution is 5.83. The minimum atomic E-state index is -0.995. The molecule has 0 saturated heterocycles. The Morgan fingerprint density at radius 3 is 2.50 bits per heavy atom. The van der Waals surface area contributed by atoms with Gasteiger partial charge in [0.2, 0.25) is 5.91 Å². The van der Waals surface area contributed by atoms with Crippen LogP contribution in [-0.2, 0) is 9.59 Å². The molecule has 2 unspecified atom stereocenters. The van der Waals surface area contributed by atoms with E-state index in [1.54, 1.807) is 6.92 Å². The molecule has 0 spiro atoms. The molecule has 20 heavy (non-hydrogen) atoms. The van der Waals surface area contributed by atoms with Crippen LogP contribution in [-0.4, -0.2) is 28.2 Å². The van der Waals surface area contributed by atoms with Crippen LogP contribution in [0.15, 0.2) is 4.52 Å². The van der Waals surface area contributed by atoms with E-state index < -0.39 is 12.0 Å². The van der Waals surface area contributed by atoms with Crippen LogP contribution in [0.4, 0.5) is 0 Å². The van der Waals surface area contributed by atoms with Crippen molar-refractivity contribution in [2.24, 2.45) is 0 Å². The van der Waals surface area contributed by atoms with Gasteiger partial charge in [-0.25, -0.2) is 4.79 Å². The number of carbonyl (C=O) groups excluding carboxylic acids is 1. The Morgan fingerprint density at radius 1 is 1.40 bits per heavy atom. The van der Waals surface area contributed by atoms with Crippen LogP contribution >= 0.6 is 0 Å². The van der Waals surface area contributed by atoms with E-state index in [1.165, 1.54) is 0 Å². The molecule has 1 heterocycles. The van der Waals surface area contributed by atoms with Gasteiger partial charge in [0, 0.05) is 12.0 Å². The topological polar surface area (TPSA) is 92.4 Å². The van der Waals surface area contributed by atoms with E-state index >= 15 is 0 Å². The smallest absolute Gasteiger partial charge is 0.326 e. The van der Waals surface area contributed by atoms with E-state index in [0.717, 1.165) is 11.3 Å². The third-order valence-electron chi connectivity index (χ3n) is 3.28. The Labute approximate surface area is 118 Å². The molecule has 6 nitrogen and oxygen atoms in total. The monoisotopic (exact) mass is 282 g/mol. The number of aryl methyl sites for hydroxylation is 2. The molecule has 1 aromatic rings. The Kier molecular flexibility index (Phi) is 5.73. The number of nitrogens with zero attached hydrogens (tertiary/aromatic N) is 1. The van der Waals surface area contributed by atoms with Gasteiger partial charge in [0.1, 0.15) is 11.8 Å². The van der Waals surface area contributed by atoms with Crippen LogP contribution in [0.2, 0.25) is 0 Å². The zero-order valence-corrected chi connectivity index (χ0v) is 12.4.